The largest absolute Gasteiger partial charge is 0.502 e. The van der Waals surface area contributed by atoms with Crippen LogP contribution in [0.1, 0.15) is 5.56 Å². The molecule has 0 radical (unpaired) electrons. The Bertz CT molecular complexity index is 1670. The average Bonchev–Trinajstić information content (AvgIpc) is 2.82. The van der Waals surface area contributed by atoms with Gasteiger partial charge < -0.3 is 0 Å². The zero-order valence-corrected chi connectivity index (χ0v) is 21.9. The molecule has 0 saturated heterocycles. The van der Waals surface area contributed by atoms with E-state index in [1.165, 1.54) is 30.3 Å². The summed E-state index contributed by atoms with van der Waals surface area (Å²) < 4.78 is 91.2. The van der Waals surface area contributed by atoms with Crippen LogP contribution in [-0.4, -0.2) is 27.3 Å². The third kappa shape index (κ3) is 5.00. The highest BCUT2D eigenvalue weighted by Gasteiger charge is 2.49. The fraction of sp³-hybridized carbons (Fsp3) is 0.0870. The molecule has 0 bridgehead atoms. The first-order valence-corrected chi connectivity index (χ1v) is 14.2. The second-order valence-electron chi connectivity index (χ2n) is 7.52. The molecule has 0 aliphatic rings. The Morgan fingerprint density at radius 1 is 0.917 bits per heavy atom. The van der Waals surface area contributed by atoms with E-state index in [1.807, 2.05) is 24.3 Å². The fourth-order valence-corrected chi connectivity index (χ4v) is 7.20. The van der Waals surface area contributed by atoms with Gasteiger partial charge in [0.25, 0.3) is 9.84 Å². The van der Waals surface area contributed by atoms with Crippen LogP contribution in [0.25, 0.3) is 22.0 Å². The molecule has 1 aromatic heterocycles. The number of fused-ring (bicyclic) bond motifs is 1. The summed E-state index contributed by atoms with van der Waals surface area (Å²) in [7, 11) is -9.68. The van der Waals surface area contributed by atoms with Gasteiger partial charge in [0.05, 0.1) is 15.4 Å². The molecule has 0 saturated carbocycles. The first-order valence-electron chi connectivity index (χ1n) is 10.0. The Balaban J connectivity index is 1.63. The van der Waals surface area contributed by atoms with Gasteiger partial charge in [0.15, 0.2) is 0 Å². The zero-order valence-electron chi connectivity index (χ0n) is 17.9. The first kappa shape index (κ1) is 26.6. The van der Waals surface area contributed by atoms with Gasteiger partial charge in [0, 0.05) is 22.6 Å². The smallest absolute Gasteiger partial charge is 0.256 e. The van der Waals surface area contributed by atoms with E-state index in [0.29, 0.717) is 0 Å². The van der Waals surface area contributed by atoms with Crippen LogP contribution in [0, 0.1) is 0 Å². The first-order chi connectivity index (χ1) is 16.8. The zero-order chi connectivity index (χ0) is 26.3. The summed E-state index contributed by atoms with van der Waals surface area (Å²) in [4.78, 5) is 3.04. The van der Waals surface area contributed by atoms with E-state index < -0.39 is 35.3 Å². The molecule has 1 N–H and O–H groups in total. The average molecular weight is 620 g/mol. The summed E-state index contributed by atoms with van der Waals surface area (Å²) in [6.07, 6.45) is 1.58. The maximum Gasteiger partial charge on any atom is 0.502 e. The number of sulfonamides is 1. The molecule has 188 valence electrons. The number of para-hydroxylation sites is 1. The Morgan fingerprint density at radius 3 is 2.25 bits per heavy atom. The Kier molecular flexibility index (Phi) is 7.19. The lowest BCUT2D eigenvalue weighted by atomic mass is 10.1. The van der Waals surface area contributed by atoms with E-state index in [1.54, 1.807) is 12.3 Å². The van der Waals surface area contributed by atoms with Crippen molar-refractivity contribution in [2.24, 2.45) is 0 Å². The number of nitrogens with zero attached hydrogens (tertiary/aromatic N) is 1. The standard InChI is InChI=1S/C23H15BrClF3N2O4S2/c24-21-18(9-10-19(25)22(21)35(31,32)23(26,27)28)14-5-7-16(8-6-14)36(33,34)30-13-15-11-12-29-20-4-2-1-3-17(15)20/h1-12,30H,13H2. The van der Waals surface area contributed by atoms with Crippen LogP contribution in [-0.2, 0) is 26.4 Å². The summed E-state index contributed by atoms with van der Waals surface area (Å²) in [5, 5.41) is 0.199. The highest BCUT2D eigenvalue weighted by Crippen LogP contribution is 2.43. The van der Waals surface area contributed by atoms with E-state index in [2.05, 4.69) is 25.6 Å². The number of benzene rings is 3. The predicted octanol–water partition coefficient (Wildman–Crippen LogP) is 6.09. The van der Waals surface area contributed by atoms with E-state index in [9.17, 15) is 30.0 Å². The summed E-state index contributed by atoms with van der Waals surface area (Å²) in [6, 6.07) is 16.6. The second kappa shape index (κ2) is 9.75. The molecule has 0 aliphatic carbocycles. The minimum Gasteiger partial charge on any atom is -0.256 e. The van der Waals surface area contributed by atoms with Gasteiger partial charge in [0.2, 0.25) is 10.0 Å². The maximum atomic E-state index is 13.1. The summed E-state index contributed by atoms with van der Waals surface area (Å²) >= 11 is 8.71. The van der Waals surface area contributed by atoms with Crippen LogP contribution in [0.15, 0.2) is 87.2 Å². The number of nitrogens with one attached hydrogen (secondary N) is 1. The number of hydrogen-bond donors (Lipinski definition) is 1. The molecule has 0 fully saturated rings. The van der Waals surface area contributed by atoms with Crippen molar-refractivity contribution in [1.82, 2.24) is 9.71 Å². The van der Waals surface area contributed by atoms with Crippen molar-refractivity contribution in [1.29, 1.82) is 0 Å². The quantitative estimate of drug-likeness (QED) is 0.282. The van der Waals surface area contributed by atoms with E-state index in [-0.39, 0.29) is 27.0 Å². The van der Waals surface area contributed by atoms with Gasteiger partial charge >= 0.3 is 5.51 Å². The van der Waals surface area contributed by atoms with Crippen molar-refractivity contribution in [3.63, 3.8) is 0 Å². The number of pyridine rings is 1. The van der Waals surface area contributed by atoms with Gasteiger partial charge in [-0.1, -0.05) is 48.0 Å². The Labute approximate surface area is 218 Å². The molecule has 36 heavy (non-hydrogen) atoms. The number of halogens is 5. The van der Waals surface area contributed by atoms with Crippen LogP contribution >= 0.6 is 27.5 Å². The molecule has 13 heteroatoms. The van der Waals surface area contributed by atoms with E-state index >= 15 is 0 Å². The molecule has 4 aromatic rings. The molecule has 4 rings (SSSR count). The van der Waals surface area contributed by atoms with Crippen molar-refractivity contribution >= 4 is 58.3 Å². The predicted molar refractivity (Wildman–Crippen MR) is 134 cm³/mol. The van der Waals surface area contributed by atoms with Crippen molar-refractivity contribution in [3.05, 3.63) is 88.0 Å². The summed E-state index contributed by atoms with van der Waals surface area (Å²) in [5.41, 5.74) is -3.75. The third-order valence-corrected chi connectivity index (χ3v) is 9.79. The van der Waals surface area contributed by atoms with Crippen LogP contribution < -0.4 is 4.72 Å². The van der Waals surface area contributed by atoms with Crippen molar-refractivity contribution in [3.8, 4) is 11.1 Å². The molecule has 3 aromatic carbocycles. The fourth-order valence-electron chi connectivity index (χ4n) is 3.50. The topological polar surface area (TPSA) is 93.2 Å². The van der Waals surface area contributed by atoms with Crippen LogP contribution in [0.3, 0.4) is 0 Å². The molecular formula is C23H15BrClF3N2O4S2. The highest BCUT2D eigenvalue weighted by molar-refractivity contribution is 9.10. The number of sulfone groups is 1. The van der Waals surface area contributed by atoms with Gasteiger partial charge in [-0.3, -0.25) is 4.98 Å². The Morgan fingerprint density at radius 2 is 1.58 bits per heavy atom. The van der Waals surface area contributed by atoms with Crippen molar-refractivity contribution < 1.29 is 30.0 Å². The molecule has 6 nitrogen and oxygen atoms in total. The third-order valence-electron chi connectivity index (χ3n) is 5.29. The number of rotatable bonds is 6. The van der Waals surface area contributed by atoms with Crippen molar-refractivity contribution in [2.45, 2.75) is 21.8 Å². The highest BCUT2D eigenvalue weighted by atomic mass is 79.9. The van der Waals surface area contributed by atoms with E-state index in [4.69, 9.17) is 11.6 Å². The van der Waals surface area contributed by atoms with Crippen LogP contribution in [0.5, 0.6) is 0 Å². The molecule has 1 heterocycles. The number of hydrogen-bond acceptors (Lipinski definition) is 5. The molecule has 0 aliphatic heterocycles. The van der Waals surface area contributed by atoms with Gasteiger partial charge in [-0.05, 0) is 63.0 Å². The molecule has 0 atom stereocenters. The lowest BCUT2D eigenvalue weighted by molar-refractivity contribution is -0.0436. The van der Waals surface area contributed by atoms with Gasteiger partial charge in [-0.25, -0.2) is 21.6 Å². The van der Waals surface area contributed by atoms with Gasteiger partial charge in [0.1, 0.15) is 4.90 Å². The van der Waals surface area contributed by atoms with Crippen LogP contribution in [0.2, 0.25) is 5.02 Å². The lowest BCUT2D eigenvalue weighted by Gasteiger charge is -2.15. The SMILES string of the molecule is O=S(=O)(NCc1ccnc2ccccc12)c1ccc(-c2ccc(Cl)c(S(=O)(=O)C(F)(F)F)c2Br)cc1. The van der Waals surface area contributed by atoms with Gasteiger partial charge in [-0.2, -0.15) is 13.2 Å². The number of alkyl halides is 3. The molecular weight excluding hydrogens is 605 g/mol. The minimum atomic E-state index is -5.74. The van der Waals surface area contributed by atoms with Gasteiger partial charge in [-0.15, -0.1) is 0 Å². The molecule has 0 unspecified atom stereocenters. The second-order valence-corrected chi connectivity index (χ2v) is 12.4. The van der Waals surface area contributed by atoms with E-state index in [0.717, 1.165) is 22.5 Å². The monoisotopic (exact) mass is 618 g/mol. The summed E-state index contributed by atoms with van der Waals surface area (Å²) in [6.45, 7) is 0.00844. The normalized spacial score (nSPS) is 12.7. The van der Waals surface area contributed by atoms with Crippen LogP contribution in [0.4, 0.5) is 13.2 Å². The molecule has 0 amide bonds. The lowest BCUT2D eigenvalue weighted by Crippen LogP contribution is -2.24. The Hall–Kier alpha value is -2.51. The maximum absolute atomic E-state index is 13.1. The minimum absolute atomic E-state index is 0.00844. The van der Waals surface area contributed by atoms with Crippen molar-refractivity contribution in [2.75, 3.05) is 0 Å². The molecule has 0 spiro atoms. The summed E-state index contributed by atoms with van der Waals surface area (Å²) in [5.74, 6) is 0. The number of aromatic nitrogens is 1.